The van der Waals surface area contributed by atoms with Crippen molar-refractivity contribution in [3.05, 3.63) is 0 Å². The first-order valence-corrected chi connectivity index (χ1v) is 5.17. The molecule has 0 rings (SSSR count). The van der Waals surface area contributed by atoms with Crippen LogP contribution in [-0.4, -0.2) is 38.4 Å². The summed E-state index contributed by atoms with van der Waals surface area (Å²) in [5.41, 5.74) is 0. The largest absolute Gasteiger partial charge is 0.466 e. The number of carbonyl (C=O) groups excluding carboxylic acids is 1. The molecule has 4 heteroatoms. The zero-order valence-corrected chi connectivity index (χ0v) is 9.34. The van der Waals surface area contributed by atoms with E-state index in [1.165, 1.54) is 0 Å². The molecule has 4 nitrogen and oxygen atoms in total. The summed E-state index contributed by atoms with van der Waals surface area (Å²) in [5.74, 6) is -0.149. The van der Waals surface area contributed by atoms with Crippen molar-refractivity contribution < 1.29 is 14.3 Å². The van der Waals surface area contributed by atoms with Crippen LogP contribution in [0.4, 0.5) is 0 Å². The van der Waals surface area contributed by atoms with Crippen LogP contribution in [0.25, 0.3) is 0 Å². The molecule has 0 aliphatic heterocycles. The second-order valence-corrected chi connectivity index (χ2v) is 3.06. The van der Waals surface area contributed by atoms with E-state index in [0.717, 1.165) is 13.2 Å². The van der Waals surface area contributed by atoms with E-state index in [-0.39, 0.29) is 12.0 Å². The molecule has 0 aromatic carbocycles. The fraction of sp³-hybridized carbons (Fsp3) is 0.900. The molecule has 0 saturated carbocycles. The van der Waals surface area contributed by atoms with Crippen molar-refractivity contribution in [1.29, 1.82) is 0 Å². The molecule has 0 amide bonds. The van der Waals surface area contributed by atoms with Crippen LogP contribution in [0.5, 0.6) is 0 Å². The Bertz CT molecular complexity index is 150. The number of rotatable bonds is 8. The summed E-state index contributed by atoms with van der Waals surface area (Å²) in [7, 11) is 0. The SMILES string of the molecule is CCOCCNC(C)CC(=O)OCC. The molecule has 0 fully saturated rings. The molecule has 0 heterocycles. The number of hydrogen-bond donors (Lipinski definition) is 1. The summed E-state index contributed by atoms with van der Waals surface area (Å²) in [6.45, 7) is 8.37. The van der Waals surface area contributed by atoms with Gasteiger partial charge < -0.3 is 14.8 Å². The summed E-state index contributed by atoms with van der Waals surface area (Å²) in [5, 5.41) is 3.18. The number of hydrogen-bond acceptors (Lipinski definition) is 4. The van der Waals surface area contributed by atoms with Gasteiger partial charge in [0.25, 0.3) is 0 Å². The Labute approximate surface area is 86.0 Å². The number of carbonyl (C=O) groups is 1. The van der Waals surface area contributed by atoms with Gasteiger partial charge in [0, 0.05) is 19.2 Å². The van der Waals surface area contributed by atoms with Crippen molar-refractivity contribution in [3.63, 3.8) is 0 Å². The quantitative estimate of drug-likeness (QED) is 0.471. The molecule has 14 heavy (non-hydrogen) atoms. The highest BCUT2D eigenvalue weighted by Gasteiger charge is 2.08. The van der Waals surface area contributed by atoms with E-state index >= 15 is 0 Å². The molecule has 0 aromatic rings. The van der Waals surface area contributed by atoms with Gasteiger partial charge in [-0.25, -0.2) is 0 Å². The second kappa shape index (κ2) is 8.97. The topological polar surface area (TPSA) is 47.6 Å². The highest BCUT2D eigenvalue weighted by molar-refractivity contribution is 5.69. The molecule has 0 bridgehead atoms. The normalized spacial score (nSPS) is 12.5. The van der Waals surface area contributed by atoms with Crippen LogP contribution in [0.1, 0.15) is 27.2 Å². The molecule has 1 atom stereocenters. The Morgan fingerprint density at radius 1 is 1.36 bits per heavy atom. The maximum Gasteiger partial charge on any atom is 0.307 e. The van der Waals surface area contributed by atoms with E-state index in [9.17, 15) is 4.79 Å². The summed E-state index contributed by atoms with van der Waals surface area (Å²) >= 11 is 0. The first-order valence-electron chi connectivity index (χ1n) is 5.17. The molecule has 1 unspecified atom stereocenters. The Morgan fingerprint density at radius 3 is 2.64 bits per heavy atom. The van der Waals surface area contributed by atoms with E-state index in [2.05, 4.69) is 5.32 Å². The van der Waals surface area contributed by atoms with Crippen LogP contribution < -0.4 is 5.32 Å². The van der Waals surface area contributed by atoms with Crippen LogP contribution in [0.2, 0.25) is 0 Å². The van der Waals surface area contributed by atoms with E-state index in [1.807, 2.05) is 20.8 Å². The first kappa shape index (κ1) is 13.4. The van der Waals surface area contributed by atoms with Gasteiger partial charge in [0.15, 0.2) is 0 Å². The third-order valence-corrected chi connectivity index (χ3v) is 1.72. The predicted octanol–water partition coefficient (Wildman–Crippen LogP) is 0.954. The molecule has 1 N–H and O–H groups in total. The minimum Gasteiger partial charge on any atom is -0.466 e. The lowest BCUT2D eigenvalue weighted by Crippen LogP contribution is -2.31. The Morgan fingerprint density at radius 2 is 2.07 bits per heavy atom. The third-order valence-electron chi connectivity index (χ3n) is 1.72. The average Bonchev–Trinajstić information content (AvgIpc) is 2.13. The minimum absolute atomic E-state index is 0.148. The highest BCUT2D eigenvalue weighted by atomic mass is 16.5. The van der Waals surface area contributed by atoms with E-state index < -0.39 is 0 Å². The lowest BCUT2D eigenvalue weighted by Gasteiger charge is -2.12. The van der Waals surface area contributed by atoms with Crippen LogP contribution in [0.3, 0.4) is 0 Å². The summed E-state index contributed by atoms with van der Waals surface area (Å²) in [4.78, 5) is 11.0. The number of nitrogens with one attached hydrogen (secondary N) is 1. The molecule has 0 spiro atoms. The maximum atomic E-state index is 11.0. The fourth-order valence-electron chi connectivity index (χ4n) is 1.06. The molecule has 0 saturated heterocycles. The van der Waals surface area contributed by atoms with E-state index in [0.29, 0.717) is 19.6 Å². The Hall–Kier alpha value is -0.610. The molecule has 0 aromatic heterocycles. The van der Waals surface area contributed by atoms with Gasteiger partial charge in [-0.15, -0.1) is 0 Å². The van der Waals surface area contributed by atoms with Gasteiger partial charge in [0.05, 0.1) is 19.6 Å². The van der Waals surface area contributed by atoms with Gasteiger partial charge in [-0.2, -0.15) is 0 Å². The second-order valence-electron chi connectivity index (χ2n) is 3.06. The zero-order chi connectivity index (χ0) is 10.8. The van der Waals surface area contributed by atoms with Crippen molar-refractivity contribution in [2.75, 3.05) is 26.4 Å². The van der Waals surface area contributed by atoms with Gasteiger partial charge >= 0.3 is 5.97 Å². The molecular weight excluding hydrogens is 182 g/mol. The summed E-state index contributed by atoms with van der Waals surface area (Å²) in [6, 6.07) is 0.148. The predicted molar refractivity (Wildman–Crippen MR) is 55.2 cm³/mol. The summed E-state index contributed by atoms with van der Waals surface area (Å²) in [6.07, 6.45) is 0.417. The molecule has 0 radical (unpaired) electrons. The smallest absolute Gasteiger partial charge is 0.307 e. The minimum atomic E-state index is -0.149. The van der Waals surface area contributed by atoms with Gasteiger partial charge in [-0.1, -0.05) is 0 Å². The van der Waals surface area contributed by atoms with Crippen LogP contribution >= 0.6 is 0 Å². The van der Waals surface area contributed by atoms with Crippen LogP contribution in [0.15, 0.2) is 0 Å². The van der Waals surface area contributed by atoms with Gasteiger partial charge in [0.1, 0.15) is 0 Å². The monoisotopic (exact) mass is 203 g/mol. The molecule has 0 aliphatic rings. The van der Waals surface area contributed by atoms with Crippen molar-refractivity contribution in [2.24, 2.45) is 0 Å². The van der Waals surface area contributed by atoms with Crippen molar-refractivity contribution >= 4 is 5.97 Å². The standard InChI is InChI=1S/C10H21NO3/c1-4-13-7-6-11-9(3)8-10(12)14-5-2/h9,11H,4-8H2,1-3H3. The molecular formula is C10H21NO3. The molecule has 84 valence electrons. The average molecular weight is 203 g/mol. The lowest BCUT2D eigenvalue weighted by atomic mass is 10.2. The number of esters is 1. The lowest BCUT2D eigenvalue weighted by molar-refractivity contribution is -0.143. The third kappa shape index (κ3) is 8.01. The van der Waals surface area contributed by atoms with Gasteiger partial charge in [-0.05, 0) is 20.8 Å². The van der Waals surface area contributed by atoms with Crippen molar-refractivity contribution in [2.45, 2.75) is 33.2 Å². The van der Waals surface area contributed by atoms with Gasteiger partial charge in [0.2, 0.25) is 0 Å². The molecule has 0 aliphatic carbocycles. The zero-order valence-electron chi connectivity index (χ0n) is 9.34. The Kier molecular flexibility index (Phi) is 8.57. The van der Waals surface area contributed by atoms with Crippen LogP contribution in [-0.2, 0) is 14.3 Å². The first-order chi connectivity index (χ1) is 6.70. The van der Waals surface area contributed by atoms with E-state index in [4.69, 9.17) is 9.47 Å². The fourth-order valence-corrected chi connectivity index (χ4v) is 1.06. The van der Waals surface area contributed by atoms with Crippen molar-refractivity contribution in [3.8, 4) is 0 Å². The van der Waals surface area contributed by atoms with Gasteiger partial charge in [-0.3, -0.25) is 4.79 Å². The summed E-state index contributed by atoms with van der Waals surface area (Å²) < 4.78 is 9.99. The van der Waals surface area contributed by atoms with Crippen LogP contribution in [0, 0.1) is 0 Å². The van der Waals surface area contributed by atoms with Crippen molar-refractivity contribution in [1.82, 2.24) is 5.32 Å². The van der Waals surface area contributed by atoms with E-state index in [1.54, 1.807) is 0 Å². The highest BCUT2D eigenvalue weighted by Crippen LogP contribution is 1.93. The number of ether oxygens (including phenoxy) is 2. The maximum absolute atomic E-state index is 11.0. The Balaban J connectivity index is 3.35.